The topological polar surface area (TPSA) is 68.8 Å². The summed E-state index contributed by atoms with van der Waals surface area (Å²) >= 11 is 0. The Kier molecular flexibility index (Phi) is 5.28. The first-order valence-electron chi connectivity index (χ1n) is 8.81. The Hall–Kier alpha value is -2.47. The van der Waals surface area contributed by atoms with E-state index in [1.165, 1.54) is 11.1 Å². The molecule has 1 N–H and O–H groups in total. The quantitative estimate of drug-likeness (QED) is 0.713. The van der Waals surface area contributed by atoms with E-state index < -0.39 is 0 Å². The van der Waals surface area contributed by atoms with Crippen molar-refractivity contribution in [3.63, 3.8) is 0 Å². The van der Waals surface area contributed by atoms with Crippen molar-refractivity contribution in [3.05, 3.63) is 58.9 Å². The van der Waals surface area contributed by atoms with Crippen molar-refractivity contribution >= 4 is 0 Å². The Morgan fingerprint density at radius 3 is 2.76 bits per heavy atom. The lowest BCUT2D eigenvalue weighted by atomic mass is 10.1. The first-order chi connectivity index (χ1) is 12.2. The lowest BCUT2D eigenvalue weighted by molar-refractivity contribution is 0.379. The lowest BCUT2D eigenvalue weighted by Gasteiger charge is -2.14. The minimum atomic E-state index is 0.168. The zero-order valence-electron chi connectivity index (χ0n) is 15.3. The van der Waals surface area contributed by atoms with Crippen LogP contribution in [0.4, 0.5) is 0 Å². The predicted molar refractivity (Wildman–Crippen MR) is 96.6 cm³/mol. The molecule has 0 radical (unpaired) electrons. The van der Waals surface area contributed by atoms with Crippen molar-refractivity contribution in [2.75, 3.05) is 0 Å². The number of nitrogens with zero attached hydrogens (tertiary/aromatic N) is 4. The van der Waals surface area contributed by atoms with Crippen LogP contribution in [0.25, 0.3) is 5.82 Å². The van der Waals surface area contributed by atoms with Gasteiger partial charge in [-0.25, -0.2) is 9.67 Å². The molecule has 0 amide bonds. The van der Waals surface area contributed by atoms with Crippen LogP contribution in [0.2, 0.25) is 0 Å². The average Bonchev–Trinajstić information content (AvgIpc) is 3.23. The van der Waals surface area contributed by atoms with Crippen molar-refractivity contribution in [1.29, 1.82) is 0 Å². The van der Waals surface area contributed by atoms with Gasteiger partial charge in [0.2, 0.25) is 0 Å². The summed E-state index contributed by atoms with van der Waals surface area (Å²) in [5.41, 5.74) is 4.48. The summed E-state index contributed by atoms with van der Waals surface area (Å²) in [6.07, 6.45) is 5.43. The Balaban J connectivity index is 1.76. The van der Waals surface area contributed by atoms with Crippen LogP contribution in [-0.2, 0) is 19.4 Å². The van der Waals surface area contributed by atoms with Crippen molar-refractivity contribution in [1.82, 2.24) is 25.2 Å². The molecule has 0 spiro atoms. The maximum absolute atomic E-state index is 5.44. The van der Waals surface area contributed by atoms with E-state index in [1.54, 1.807) is 6.20 Å². The summed E-state index contributed by atoms with van der Waals surface area (Å²) in [5.74, 6) is 1.80. The number of aryl methyl sites for hydroxylation is 2. The van der Waals surface area contributed by atoms with Gasteiger partial charge in [-0.15, -0.1) is 0 Å². The van der Waals surface area contributed by atoms with Crippen molar-refractivity contribution in [3.8, 4) is 5.82 Å². The number of nitrogens with one attached hydrogen (secondary N) is 1. The molecule has 0 bridgehead atoms. The van der Waals surface area contributed by atoms with E-state index in [4.69, 9.17) is 4.52 Å². The number of aromatic nitrogens is 4. The predicted octanol–water partition coefficient (Wildman–Crippen LogP) is 3.54. The first-order valence-corrected chi connectivity index (χ1v) is 8.81. The van der Waals surface area contributed by atoms with Gasteiger partial charge in [0.25, 0.3) is 0 Å². The third kappa shape index (κ3) is 3.49. The fraction of sp³-hybridized carbons (Fsp3) is 0.421. The molecule has 0 aliphatic carbocycles. The largest absolute Gasteiger partial charge is 0.361 e. The highest BCUT2D eigenvalue weighted by molar-refractivity contribution is 5.30. The van der Waals surface area contributed by atoms with Gasteiger partial charge < -0.3 is 9.84 Å². The van der Waals surface area contributed by atoms with Crippen LogP contribution in [0.1, 0.15) is 55.1 Å². The number of hydrogen-bond acceptors (Lipinski definition) is 5. The summed E-state index contributed by atoms with van der Waals surface area (Å²) in [6.45, 7) is 9.16. The van der Waals surface area contributed by atoms with E-state index in [9.17, 15) is 0 Å². The molecular weight excluding hydrogens is 314 g/mol. The van der Waals surface area contributed by atoms with Crippen molar-refractivity contribution in [2.45, 2.75) is 53.1 Å². The maximum Gasteiger partial charge on any atom is 0.153 e. The molecular formula is C19H25N5O. The van der Waals surface area contributed by atoms with Gasteiger partial charge in [0.05, 0.1) is 11.9 Å². The molecule has 0 fully saturated rings. The van der Waals surface area contributed by atoms with Gasteiger partial charge in [0.15, 0.2) is 5.82 Å². The van der Waals surface area contributed by atoms with Crippen LogP contribution in [-0.4, -0.2) is 19.9 Å². The van der Waals surface area contributed by atoms with Crippen molar-refractivity contribution in [2.24, 2.45) is 0 Å². The monoisotopic (exact) mass is 339 g/mol. The lowest BCUT2D eigenvalue weighted by Crippen LogP contribution is -2.20. The van der Waals surface area contributed by atoms with Gasteiger partial charge in [-0.3, -0.25) is 0 Å². The third-order valence-corrected chi connectivity index (χ3v) is 4.57. The van der Waals surface area contributed by atoms with Gasteiger partial charge in [-0.1, -0.05) is 25.1 Å². The Morgan fingerprint density at radius 1 is 1.24 bits per heavy atom. The molecule has 3 heterocycles. The summed E-state index contributed by atoms with van der Waals surface area (Å²) < 4.78 is 7.32. The molecule has 0 saturated heterocycles. The molecule has 6 heteroatoms. The summed E-state index contributed by atoms with van der Waals surface area (Å²) in [5, 5.41) is 12.3. The van der Waals surface area contributed by atoms with Gasteiger partial charge in [-0.05, 0) is 32.4 Å². The van der Waals surface area contributed by atoms with E-state index in [2.05, 4.69) is 48.3 Å². The molecule has 3 aromatic heterocycles. The highest BCUT2D eigenvalue weighted by atomic mass is 16.5. The Morgan fingerprint density at radius 2 is 2.08 bits per heavy atom. The minimum Gasteiger partial charge on any atom is -0.361 e. The average molecular weight is 339 g/mol. The van der Waals surface area contributed by atoms with Crippen LogP contribution in [0.3, 0.4) is 0 Å². The van der Waals surface area contributed by atoms with Crippen LogP contribution in [0.5, 0.6) is 0 Å². The molecule has 25 heavy (non-hydrogen) atoms. The summed E-state index contributed by atoms with van der Waals surface area (Å²) in [4.78, 5) is 4.37. The van der Waals surface area contributed by atoms with Gasteiger partial charge >= 0.3 is 0 Å². The van der Waals surface area contributed by atoms with Crippen LogP contribution >= 0.6 is 0 Å². The molecule has 0 saturated carbocycles. The highest BCUT2D eigenvalue weighted by Crippen LogP contribution is 2.21. The van der Waals surface area contributed by atoms with Crippen LogP contribution < -0.4 is 5.32 Å². The molecule has 3 aromatic rings. The molecule has 0 unspecified atom stereocenters. The SMILES string of the molecule is CCc1noc(CC)c1CN[C@H](C)c1cnn(-c2ccccn2)c1C. The summed E-state index contributed by atoms with van der Waals surface area (Å²) in [6, 6.07) is 6.00. The molecule has 0 aliphatic heterocycles. The van der Waals surface area contributed by atoms with E-state index >= 15 is 0 Å². The standard InChI is InChI=1S/C19H25N5O/c1-5-17-16(18(6-2)25-23-17)11-21-13(3)15-12-22-24(14(15)4)19-9-7-8-10-20-19/h7-10,12-13,21H,5-6,11H2,1-4H3/t13-/m1/s1. The van der Waals surface area contributed by atoms with E-state index in [0.29, 0.717) is 0 Å². The van der Waals surface area contributed by atoms with Gasteiger partial charge in [-0.2, -0.15) is 5.10 Å². The van der Waals surface area contributed by atoms with Crippen LogP contribution in [0.15, 0.2) is 35.1 Å². The van der Waals surface area contributed by atoms with Crippen LogP contribution in [0, 0.1) is 6.92 Å². The number of rotatable bonds is 7. The normalized spacial score (nSPS) is 12.5. The Bertz CT molecular complexity index is 800. The molecule has 3 rings (SSSR count). The van der Waals surface area contributed by atoms with Crippen molar-refractivity contribution < 1.29 is 4.52 Å². The fourth-order valence-electron chi connectivity index (χ4n) is 3.06. The number of hydrogen-bond donors (Lipinski definition) is 1. The third-order valence-electron chi connectivity index (χ3n) is 4.57. The minimum absolute atomic E-state index is 0.168. The second-order valence-electron chi connectivity index (χ2n) is 6.13. The molecule has 0 aliphatic rings. The number of pyridine rings is 1. The van der Waals surface area contributed by atoms with Gasteiger partial charge in [0, 0.05) is 42.0 Å². The zero-order chi connectivity index (χ0) is 17.8. The van der Waals surface area contributed by atoms with E-state index in [0.717, 1.165) is 42.4 Å². The smallest absolute Gasteiger partial charge is 0.153 e. The van der Waals surface area contributed by atoms with E-state index in [1.807, 2.05) is 29.1 Å². The second-order valence-corrected chi connectivity index (χ2v) is 6.13. The Labute approximate surface area is 148 Å². The van der Waals surface area contributed by atoms with Gasteiger partial charge in [0.1, 0.15) is 5.76 Å². The molecule has 1 atom stereocenters. The fourth-order valence-corrected chi connectivity index (χ4v) is 3.06. The highest BCUT2D eigenvalue weighted by Gasteiger charge is 2.17. The molecule has 132 valence electrons. The first kappa shape index (κ1) is 17.4. The molecule has 6 nitrogen and oxygen atoms in total. The second kappa shape index (κ2) is 7.61. The van der Waals surface area contributed by atoms with E-state index in [-0.39, 0.29) is 6.04 Å². The summed E-state index contributed by atoms with van der Waals surface area (Å²) in [7, 11) is 0. The maximum atomic E-state index is 5.44. The zero-order valence-corrected chi connectivity index (χ0v) is 15.3. The molecule has 0 aromatic carbocycles.